The number of hydrogen-bond acceptors (Lipinski definition) is 6. The number of nitrogens with zero attached hydrogens (tertiary/aromatic N) is 3. The molecule has 34 heavy (non-hydrogen) atoms. The van der Waals surface area contributed by atoms with Crippen LogP contribution in [-0.4, -0.2) is 48.9 Å². The van der Waals surface area contributed by atoms with Crippen molar-refractivity contribution in [1.82, 2.24) is 9.88 Å². The fourth-order valence-corrected chi connectivity index (χ4v) is 4.45. The molecule has 1 atom stereocenters. The maximum atomic E-state index is 13.1. The van der Waals surface area contributed by atoms with Gasteiger partial charge in [-0.3, -0.25) is 9.78 Å². The van der Waals surface area contributed by atoms with Crippen LogP contribution in [0.15, 0.2) is 59.6 Å². The Labute approximate surface area is 192 Å². The van der Waals surface area contributed by atoms with Gasteiger partial charge in [-0.05, 0) is 61.0 Å². The van der Waals surface area contributed by atoms with E-state index < -0.39 is 38.2 Å². The Bertz CT molecular complexity index is 1390. The second-order valence-electron chi connectivity index (χ2n) is 7.56. The van der Waals surface area contributed by atoms with Crippen molar-refractivity contribution in [2.75, 3.05) is 12.0 Å². The van der Waals surface area contributed by atoms with Crippen molar-refractivity contribution < 1.29 is 35.9 Å². The standard InChI is InChI=1S/C22H18F3N3O5S/c1-13-20(29)28(15-3-6-17(7-4-15)34(31,32)22(23,24)25)21(30)27(13)12-14-9-10-26-19-8-5-16(33-2)11-18(14)19/h3-11,13H,12H2,1-2H3. The molecule has 4 rings (SSSR count). The Morgan fingerprint density at radius 3 is 2.35 bits per heavy atom. The number of benzene rings is 2. The van der Waals surface area contributed by atoms with Gasteiger partial charge in [-0.2, -0.15) is 13.2 Å². The molecule has 3 aromatic rings. The molecule has 178 valence electrons. The number of carbonyl (C=O) groups is 2. The quantitative estimate of drug-likeness (QED) is 0.501. The Morgan fingerprint density at radius 1 is 1.06 bits per heavy atom. The summed E-state index contributed by atoms with van der Waals surface area (Å²) in [5, 5.41) is 0.731. The number of ether oxygens (including phenoxy) is 1. The number of anilines is 1. The van der Waals surface area contributed by atoms with Gasteiger partial charge in [0, 0.05) is 18.1 Å². The first-order valence-electron chi connectivity index (χ1n) is 9.93. The van der Waals surface area contributed by atoms with Gasteiger partial charge in [-0.15, -0.1) is 0 Å². The summed E-state index contributed by atoms with van der Waals surface area (Å²) in [5.41, 5.74) is -4.12. The smallest absolute Gasteiger partial charge is 0.497 e. The zero-order valence-electron chi connectivity index (χ0n) is 17.9. The molecule has 0 saturated carbocycles. The van der Waals surface area contributed by atoms with Crippen LogP contribution in [-0.2, 0) is 21.2 Å². The number of sulfone groups is 1. The number of pyridine rings is 1. The zero-order chi connectivity index (χ0) is 24.8. The van der Waals surface area contributed by atoms with Gasteiger partial charge in [-0.25, -0.2) is 18.1 Å². The number of imide groups is 1. The largest absolute Gasteiger partial charge is 0.501 e. The van der Waals surface area contributed by atoms with Gasteiger partial charge in [0.2, 0.25) is 0 Å². The van der Waals surface area contributed by atoms with Gasteiger partial charge < -0.3 is 9.64 Å². The molecule has 12 heteroatoms. The fourth-order valence-electron chi connectivity index (χ4n) is 3.69. The molecule has 1 aliphatic heterocycles. The maximum Gasteiger partial charge on any atom is 0.501 e. The molecule has 0 bridgehead atoms. The first kappa shape index (κ1) is 23.5. The Balaban J connectivity index is 1.64. The molecule has 1 fully saturated rings. The summed E-state index contributed by atoms with van der Waals surface area (Å²) in [5.74, 6) is 0.00141. The van der Waals surface area contributed by atoms with Crippen LogP contribution < -0.4 is 9.64 Å². The third-order valence-corrected chi connectivity index (χ3v) is 7.07. The molecule has 0 radical (unpaired) electrons. The van der Waals surface area contributed by atoms with Crippen molar-refractivity contribution >= 4 is 38.4 Å². The molecule has 2 heterocycles. The Kier molecular flexibility index (Phi) is 5.72. The van der Waals surface area contributed by atoms with E-state index in [9.17, 15) is 31.2 Å². The first-order valence-corrected chi connectivity index (χ1v) is 11.4. The molecule has 3 amide bonds. The van der Waals surface area contributed by atoms with Crippen LogP contribution in [0.1, 0.15) is 12.5 Å². The van der Waals surface area contributed by atoms with Crippen LogP contribution in [0.4, 0.5) is 23.7 Å². The van der Waals surface area contributed by atoms with Crippen LogP contribution in [0, 0.1) is 0 Å². The van der Waals surface area contributed by atoms with E-state index in [2.05, 4.69) is 4.98 Å². The summed E-state index contributed by atoms with van der Waals surface area (Å²) in [7, 11) is -4.03. The maximum absolute atomic E-state index is 13.1. The second kappa shape index (κ2) is 8.28. The fraction of sp³-hybridized carbons (Fsp3) is 0.227. The number of fused-ring (bicyclic) bond motifs is 1. The number of amides is 3. The summed E-state index contributed by atoms with van der Waals surface area (Å²) >= 11 is 0. The lowest BCUT2D eigenvalue weighted by molar-refractivity contribution is -0.119. The number of methoxy groups -OCH3 is 1. The van der Waals surface area contributed by atoms with Crippen molar-refractivity contribution in [2.24, 2.45) is 0 Å². The van der Waals surface area contributed by atoms with E-state index in [4.69, 9.17) is 4.74 Å². The SMILES string of the molecule is COc1ccc2nccc(CN3C(=O)N(c4ccc(S(=O)(=O)C(F)(F)F)cc4)C(=O)C3C)c2c1. The van der Waals surface area contributed by atoms with Crippen molar-refractivity contribution in [3.63, 3.8) is 0 Å². The summed E-state index contributed by atoms with van der Waals surface area (Å²) in [6, 6.07) is 8.88. The second-order valence-corrected chi connectivity index (χ2v) is 9.50. The van der Waals surface area contributed by atoms with Gasteiger partial charge in [0.15, 0.2) is 0 Å². The highest BCUT2D eigenvalue weighted by Crippen LogP contribution is 2.33. The molecule has 2 aromatic carbocycles. The highest BCUT2D eigenvalue weighted by molar-refractivity contribution is 7.92. The average Bonchev–Trinajstić information content (AvgIpc) is 3.01. The lowest BCUT2D eigenvalue weighted by Gasteiger charge is -2.20. The minimum atomic E-state index is -5.55. The van der Waals surface area contributed by atoms with Crippen LogP contribution in [0.5, 0.6) is 5.75 Å². The number of carbonyl (C=O) groups excluding carboxylic acids is 2. The minimum Gasteiger partial charge on any atom is -0.497 e. The number of urea groups is 1. The predicted octanol–water partition coefficient (Wildman–Crippen LogP) is 3.89. The van der Waals surface area contributed by atoms with Crippen LogP contribution >= 0.6 is 0 Å². The van der Waals surface area contributed by atoms with E-state index in [1.165, 1.54) is 18.9 Å². The lowest BCUT2D eigenvalue weighted by atomic mass is 10.1. The number of alkyl halides is 3. The predicted molar refractivity (Wildman–Crippen MR) is 116 cm³/mol. The van der Waals surface area contributed by atoms with Crippen molar-refractivity contribution in [3.8, 4) is 5.75 Å². The number of aromatic nitrogens is 1. The van der Waals surface area contributed by atoms with E-state index in [0.29, 0.717) is 29.0 Å². The Hall–Kier alpha value is -3.67. The molecule has 1 unspecified atom stereocenters. The molecule has 0 aliphatic carbocycles. The topological polar surface area (TPSA) is 96.9 Å². The highest BCUT2D eigenvalue weighted by Gasteiger charge is 2.47. The molecule has 0 N–H and O–H groups in total. The highest BCUT2D eigenvalue weighted by atomic mass is 32.2. The van der Waals surface area contributed by atoms with Crippen LogP contribution in [0.3, 0.4) is 0 Å². The summed E-state index contributed by atoms with van der Waals surface area (Å²) in [6.07, 6.45) is 1.58. The number of hydrogen-bond donors (Lipinski definition) is 0. The summed E-state index contributed by atoms with van der Waals surface area (Å²) in [4.78, 5) is 31.4. The van der Waals surface area contributed by atoms with Gasteiger partial charge in [0.1, 0.15) is 11.8 Å². The molecule has 1 aromatic heterocycles. The summed E-state index contributed by atoms with van der Waals surface area (Å²) in [6.45, 7) is 1.60. The van der Waals surface area contributed by atoms with E-state index >= 15 is 0 Å². The molecular weight excluding hydrogens is 475 g/mol. The third-order valence-electron chi connectivity index (χ3n) is 5.57. The van der Waals surface area contributed by atoms with Gasteiger partial charge >= 0.3 is 11.5 Å². The van der Waals surface area contributed by atoms with Crippen molar-refractivity contribution in [2.45, 2.75) is 29.9 Å². The van der Waals surface area contributed by atoms with Gasteiger partial charge in [0.05, 0.1) is 23.2 Å². The van der Waals surface area contributed by atoms with Gasteiger partial charge in [0.25, 0.3) is 15.7 Å². The normalized spacial score (nSPS) is 17.0. The monoisotopic (exact) mass is 493 g/mol. The van der Waals surface area contributed by atoms with E-state index in [0.717, 1.165) is 22.4 Å². The van der Waals surface area contributed by atoms with E-state index in [1.54, 1.807) is 30.5 Å². The molecule has 0 spiro atoms. The third kappa shape index (κ3) is 3.83. The molecular formula is C22H18F3N3O5S. The number of rotatable bonds is 5. The first-order chi connectivity index (χ1) is 16.0. The zero-order valence-corrected chi connectivity index (χ0v) is 18.7. The van der Waals surface area contributed by atoms with Gasteiger partial charge in [-0.1, -0.05) is 0 Å². The minimum absolute atomic E-state index is 0.0354. The van der Waals surface area contributed by atoms with Crippen LogP contribution in [0.2, 0.25) is 0 Å². The average molecular weight is 493 g/mol. The van der Waals surface area contributed by atoms with E-state index in [1.807, 2.05) is 0 Å². The summed E-state index contributed by atoms with van der Waals surface area (Å²) < 4.78 is 66.8. The Morgan fingerprint density at radius 2 is 1.74 bits per heavy atom. The lowest BCUT2D eigenvalue weighted by Crippen LogP contribution is -2.33. The number of halogens is 3. The van der Waals surface area contributed by atoms with Crippen molar-refractivity contribution in [3.05, 3.63) is 60.3 Å². The van der Waals surface area contributed by atoms with E-state index in [-0.39, 0.29) is 12.2 Å². The molecule has 8 nitrogen and oxygen atoms in total. The molecule has 1 saturated heterocycles. The molecule has 1 aliphatic rings. The van der Waals surface area contributed by atoms with Crippen LogP contribution in [0.25, 0.3) is 10.9 Å². The van der Waals surface area contributed by atoms with Crippen molar-refractivity contribution in [1.29, 1.82) is 0 Å².